The first-order valence-electron chi connectivity index (χ1n) is 4.26. The van der Waals surface area contributed by atoms with Crippen molar-refractivity contribution in [3.8, 4) is 0 Å². The fourth-order valence-electron chi connectivity index (χ4n) is 0.939. The van der Waals surface area contributed by atoms with E-state index in [9.17, 15) is 10.1 Å². The Kier molecular flexibility index (Phi) is 3.09. The number of hydrogen-bond acceptors (Lipinski definition) is 9. The number of hydrogen-bond donors (Lipinski definition) is 2. The van der Waals surface area contributed by atoms with Gasteiger partial charge in [0.25, 0.3) is 0 Å². The minimum absolute atomic E-state index is 0.0456. The molecule has 0 atom stereocenters. The summed E-state index contributed by atoms with van der Waals surface area (Å²) in [6.07, 6.45) is 3.17. The van der Waals surface area contributed by atoms with Crippen LogP contribution in [0.3, 0.4) is 0 Å². The number of aromatic amines is 1. The highest BCUT2D eigenvalue weighted by Crippen LogP contribution is 2.13. The summed E-state index contributed by atoms with van der Waals surface area (Å²) in [6, 6.07) is 0. The summed E-state index contributed by atoms with van der Waals surface area (Å²) in [5.74, 6) is -0.0397. The summed E-state index contributed by atoms with van der Waals surface area (Å²) in [6.45, 7) is 0. The molecule has 0 radical (unpaired) electrons. The number of H-pyrrole nitrogens is 1. The van der Waals surface area contributed by atoms with Crippen molar-refractivity contribution in [1.29, 1.82) is 0 Å². The molecule has 0 amide bonds. The highest BCUT2D eigenvalue weighted by atomic mass is 32.2. The fraction of sp³-hybridized carbons (Fsp3) is 0.167. The maximum Gasteiger partial charge on any atom is 0.455 e. The van der Waals surface area contributed by atoms with Crippen molar-refractivity contribution in [3.63, 3.8) is 0 Å². The van der Waals surface area contributed by atoms with Crippen molar-refractivity contribution in [2.24, 2.45) is 0 Å². The molecule has 2 heterocycles. The normalized spacial score (nSPS) is 10.2. The summed E-state index contributed by atoms with van der Waals surface area (Å²) >= 11 is 1.32. The van der Waals surface area contributed by atoms with E-state index < -0.39 is 10.9 Å². The molecule has 17 heavy (non-hydrogen) atoms. The first kappa shape index (κ1) is 11.2. The van der Waals surface area contributed by atoms with Crippen molar-refractivity contribution in [2.45, 2.75) is 5.16 Å². The molecule has 2 rings (SSSR count). The van der Waals surface area contributed by atoms with Crippen molar-refractivity contribution >= 4 is 29.5 Å². The van der Waals surface area contributed by atoms with Gasteiger partial charge in [0.1, 0.15) is 0 Å². The number of nitrogens with one attached hydrogen (secondary N) is 2. The lowest BCUT2D eigenvalue weighted by atomic mass is 10.7. The zero-order valence-corrected chi connectivity index (χ0v) is 9.30. The summed E-state index contributed by atoms with van der Waals surface area (Å²) in [4.78, 5) is 17.3. The number of anilines is 2. The second-order valence-corrected chi connectivity index (χ2v) is 3.47. The summed E-state index contributed by atoms with van der Waals surface area (Å²) in [5.41, 5.74) is 0. The van der Waals surface area contributed by atoms with E-state index in [1.54, 1.807) is 6.26 Å². The smallest absolute Gasteiger partial charge is 0.390 e. The quantitative estimate of drug-likeness (QED) is 0.450. The van der Waals surface area contributed by atoms with Crippen LogP contribution in [0.25, 0.3) is 0 Å². The third-order valence-corrected chi connectivity index (χ3v) is 2.15. The Balaban J connectivity index is 2.16. The molecule has 0 aliphatic heterocycles. The Morgan fingerprint density at radius 1 is 1.53 bits per heavy atom. The molecular weight excluding hydrogens is 248 g/mol. The van der Waals surface area contributed by atoms with E-state index in [4.69, 9.17) is 0 Å². The molecule has 0 fully saturated rings. The number of nitrogens with zero attached hydrogens (tertiary/aromatic N) is 6. The maximum absolute atomic E-state index is 10.4. The van der Waals surface area contributed by atoms with E-state index in [2.05, 4.69) is 35.7 Å². The lowest BCUT2D eigenvalue weighted by Crippen LogP contribution is -1.99. The van der Waals surface area contributed by atoms with Crippen molar-refractivity contribution < 1.29 is 4.92 Å². The summed E-state index contributed by atoms with van der Waals surface area (Å²) in [5, 5.41) is 26.7. The van der Waals surface area contributed by atoms with Gasteiger partial charge in [0, 0.05) is 0 Å². The average molecular weight is 254 g/mol. The van der Waals surface area contributed by atoms with Crippen molar-refractivity contribution in [3.05, 3.63) is 16.3 Å². The Bertz CT molecular complexity index is 542. The first-order valence-corrected chi connectivity index (χ1v) is 5.49. The second kappa shape index (κ2) is 4.69. The molecule has 88 valence electrons. The molecule has 2 aromatic heterocycles. The SMILES string of the molecule is CSc1nncc(Nc2n[nH]c([N+](=O)[O-])n2)n1. The molecular formula is C6H6N8O2S. The van der Waals surface area contributed by atoms with E-state index in [1.165, 1.54) is 18.0 Å². The number of rotatable bonds is 4. The predicted octanol–water partition coefficient (Wildman–Crippen LogP) is 0.363. The lowest BCUT2D eigenvalue weighted by molar-refractivity contribution is -0.394. The van der Waals surface area contributed by atoms with Gasteiger partial charge in [-0.3, -0.25) is 5.32 Å². The zero-order chi connectivity index (χ0) is 12.3. The van der Waals surface area contributed by atoms with Crippen LogP contribution in [0.15, 0.2) is 11.4 Å². The molecule has 10 nitrogen and oxygen atoms in total. The second-order valence-electron chi connectivity index (χ2n) is 2.69. The topological polar surface area (TPSA) is 135 Å². The van der Waals surface area contributed by atoms with Gasteiger partial charge in [0.2, 0.25) is 5.16 Å². The van der Waals surface area contributed by atoms with Gasteiger partial charge in [0.05, 0.1) is 6.20 Å². The van der Waals surface area contributed by atoms with Crippen LogP contribution in [-0.4, -0.2) is 41.5 Å². The Morgan fingerprint density at radius 3 is 3.00 bits per heavy atom. The van der Waals surface area contributed by atoms with Gasteiger partial charge in [-0.1, -0.05) is 16.9 Å². The molecule has 11 heteroatoms. The average Bonchev–Trinajstić information content (AvgIpc) is 2.78. The molecule has 0 saturated carbocycles. The van der Waals surface area contributed by atoms with E-state index in [0.29, 0.717) is 11.0 Å². The highest BCUT2D eigenvalue weighted by Gasteiger charge is 2.14. The van der Waals surface area contributed by atoms with E-state index in [1.807, 2.05) is 0 Å². The molecule has 2 N–H and O–H groups in total. The van der Waals surface area contributed by atoms with Gasteiger partial charge in [-0.05, 0) is 16.2 Å². The van der Waals surface area contributed by atoms with Gasteiger partial charge >= 0.3 is 11.9 Å². The van der Waals surface area contributed by atoms with Crippen LogP contribution in [0.1, 0.15) is 0 Å². The van der Waals surface area contributed by atoms with Crippen LogP contribution in [0.5, 0.6) is 0 Å². The molecule has 0 saturated heterocycles. The Morgan fingerprint density at radius 2 is 2.35 bits per heavy atom. The van der Waals surface area contributed by atoms with E-state index in [0.717, 1.165) is 0 Å². The van der Waals surface area contributed by atoms with Gasteiger partial charge in [-0.15, -0.1) is 10.2 Å². The monoisotopic (exact) mass is 254 g/mol. The molecule has 2 aromatic rings. The number of aromatic nitrogens is 6. The van der Waals surface area contributed by atoms with Crippen molar-refractivity contribution in [1.82, 2.24) is 30.4 Å². The molecule has 0 aromatic carbocycles. The van der Waals surface area contributed by atoms with Crippen molar-refractivity contribution in [2.75, 3.05) is 11.6 Å². The number of thioether (sulfide) groups is 1. The van der Waals surface area contributed by atoms with Gasteiger partial charge in [-0.25, -0.2) is 4.98 Å². The third kappa shape index (κ3) is 2.63. The van der Waals surface area contributed by atoms with Crippen LogP contribution >= 0.6 is 11.8 Å². The van der Waals surface area contributed by atoms with Crippen LogP contribution in [0.2, 0.25) is 0 Å². The molecule has 0 unspecified atom stereocenters. The molecule has 0 spiro atoms. The Hall–Kier alpha value is -2.30. The summed E-state index contributed by atoms with van der Waals surface area (Å²) in [7, 11) is 0. The van der Waals surface area contributed by atoms with Gasteiger partial charge < -0.3 is 10.1 Å². The third-order valence-electron chi connectivity index (χ3n) is 1.61. The Labute approximate surface area is 98.4 Å². The fourth-order valence-corrected chi connectivity index (χ4v) is 1.26. The minimum atomic E-state index is -0.677. The van der Waals surface area contributed by atoms with E-state index in [-0.39, 0.29) is 5.95 Å². The van der Waals surface area contributed by atoms with Gasteiger partial charge in [-0.2, -0.15) is 5.10 Å². The maximum atomic E-state index is 10.4. The largest absolute Gasteiger partial charge is 0.455 e. The zero-order valence-electron chi connectivity index (χ0n) is 8.49. The number of nitro groups is 1. The standard InChI is InChI=1S/C6H6N8O2S/c1-17-6-9-3(2-7-13-6)8-4-10-5(12-11-4)14(15)16/h2H,1H3,(H2,8,9,10,11,12,13). The predicted molar refractivity (Wildman–Crippen MR) is 57.9 cm³/mol. The lowest BCUT2D eigenvalue weighted by Gasteiger charge is -1.98. The molecule has 0 bridgehead atoms. The van der Waals surface area contributed by atoms with Crippen LogP contribution in [0.4, 0.5) is 17.7 Å². The van der Waals surface area contributed by atoms with Crippen LogP contribution in [-0.2, 0) is 0 Å². The van der Waals surface area contributed by atoms with Crippen LogP contribution < -0.4 is 5.32 Å². The highest BCUT2D eigenvalue weighted by molar-refractivity contribution is 7.98. The molecule has 0 aliphatic rings. The first-order chi connectivity index (χ1) is 8.19. The van der Waals surface area contributed by atoms with Gasteiger partial charge in [0.15, 0.2) is 5.82 Å². The minimum Gasteiger partial charge on any atom is -0.390 e. The summed E-state index contributed by atoms with van der Waals surface area (Å²) < 4.78 is 0. The van der Waals surface area contributed by atoms with Crippen LogP contribution in [0, 0.1) is 10.1 Å². The molecule has 0 aliphatic carbocycles. The van der Waals surface area contributed by atoms with E-state index >= 15 is 0 Å².